The summed E-state index contributed by atoms with van der Waals surface area (Å²) in [7, 11) is 4.81. The van der Waals surface area contributed by atoms with Crippen LogP contribution in [0.1, 0.15) is 22.6 Å². The lowest BCUT2D eigenvalue weighted by atomic mass is 9.81. The first kappa shape index (κ1) is 19.6. The van der Waals surface area contributed by atoms with Crippen LogP contribution in [0.3, 0.4) is 0 Å². The Morgan fingerprint density at radius 2 is 1.27 bits per heavy atom. The molecule has 0 spiro atoms. The lowest BCUT2D eigenvalue weighted by molar-refractivity contribution is 0.322. The molecule has 0 aliphatic heterocycles. The summed E-state index contributed by atoms with van der Waals surface area (Å²) < 4.78 is 16.9. The lowest BCUT2D eigenvalue weighted by Gasteiger charge is -2.25. The monoisotopic (exact) mass is 400 g/mol. The predicted octanol–water partition coefficient (Wildman–Crippen LogP) is 5.75. The van der Waals surface area contributed by atoms with E-state index in [9.17, 15) is 5.11 Å². The van der Waals surface area contributed by atoms with Crippen molar-refractivity contribution >= 4 is 10.8 Å². The number of hydrogen-bond donors (Lipinski definition) is 1. The number of rotatable bonds is 6. The predicted molar refractivity (Wildman–Crippen MR) is 119 cm³/mol. The van der Waals surface area contributed by atoms with E-state index in [1.54, 1.807) is 27.4 Å². The molecule has 0 amide bonds. The van der Waals surface area contributed by atoms with Gasteiger partial charge in [0.25, 0.3) is 0 Å². The number of phenolic OH excluding ortho intramolecular Hbond substituents is 1. The maximum Gasteiger partial charge on any atom is 0.203 e. The SMILES string of the molecule is COc1ccc(C(c2ccccc2O)c2cccc3ccccc23)c(OC)c1OC. The van der Waals surface area contributed by atoms with Crippen LogP contribution in [0, 0.1) is 0 Å². The molecule has 30 heavy (non-hydrogen) atoms. The highest BCUT2D eigenvalue weighted by molar-refractivity contribution is 5.87. The summed E-state index contributed by atoms with van der Waals surface area (Å²) in [5.41, 5.74) is 2.74. The summed E-state index contributed by atoms with van der Waals surface area (Å²) in [4.78, 5) is 0. The number of phenols is 1. The Morgan fingerprint density at radius 3 is 2.00 bits per heavy atom. The van der Waals surface area contributed by atoms with Gasteiger partial charge in [0.2, 0.25) is 5.75 Å². The molecule has 4 nitrogen and oxygen atoms in total. The molecular weight excluding hydrogens is 376 g/mol. The molecule has 1 unspecified atom stereocenters. The average Bonchev–Trinajstić information content (AvgIpc) is 2.80. The number of hydrogen-bond acceptors (Lipinski definition) is 4. The van der Waals surface area contributed by atoms with Gasteiger partial charge in [-0.25, -0.2) is 0 Å². The molecule has 4 heteroatoms. The molecular formula is C26H24O4. The van der Waals surface area contributed by atoms with Gasteiger partial charge in [0.1, 0.15) is 5.75 Å². The van der Waals surface area contributed by atoms with Crippen molar-refractivity contribution in [3.63, 3.8) is 0 Å². The largest absolute Gasteiger partial charge is 0.508 e. The minimum atomic E-state index is -0.271. The molecule has 1 atom stereocenters. The van der Waals surface area contributed by atoms with E-state index < -0.39 is 0 Å². The molecule has 0 radical (unpaired) electrons. The van der Waals surface area contributed by atoms with Crippen LogP contribution in [0.5, 0.6) is 23.0 Å². The maximum absolute atomic E-state index is 10.8. The third kappa shape index (κ3) is 3.30. The van der Waals surface area contributed by atoms with Crippen LogP contribution in [0.15, 0.2) is 78.9 Å². The minimum absolute atomic E-state index is 0.229. The molecule has 1 N–H and O–H groups in total. The van der Waals surface area contributed by atoms with E-state index in [1.165, 1.54) is 0 Å². The standard InChI is InChI=1S/C26H24O4/c1-28-23-16-15-21(25(29-2)26(23)30-3)24(20-12-6-7-14-22(20)27)19-13-8-10-17-9-4-5-11-18(17)19/h4-16,24,27H,1-3H3. The number of fused-ring (bicyclic) bond motifs is 1. The van der Waals surface area contributed by atoms with E-state index in [2.05, 4.69) is 24.3 Å². The Kier molecular flexibility index (Phi) is 5.48. The fraction of sp³-hybridized carbons (Fsp3) is 0.154. The fourth-order valence-corrected chi connectivity index (χ4v) is 4.09. The van der Waals surface area contributed by atoms with Crippen LogP contribution in [-0.2, 0) is 0 Å². The van der Waals surface area contributed by atoms with Gasteiger partial charge >= 0.3 is 0 Å². The van der Waals surface area contributed by atoms with Crippen LogP contribution in [0.25, 0.3) is 10.8 Å². The second kappa shape index (κ2) is 8.37. The summed E-state index contributed by atoms with van der Waals surface area (Å²) in [5.74, 6) is 1.66. The van der Waals surface area contributed by atoms with Crippen molar-refractivity contribution in [3.05, 3.63) is 95.6 Å². The molecule has 0 aromatic heterocycles. The molecule has 0 heterocycles. The van der Waals surface area contributed by atoms with Crippen molar-refractivity contribution in [2.24, 2.45) is 0 Å². The van der Waals surface area contributed by atoms with Gasteiger partial charge in [-0.05, 0) is 28.5 Å². The summed E-state index contributed by atoms with van der Waals surface area (Å²) in [6, 6.07) is 25.7. The fourth-order valence-electron chi connectivity index (χ4n) is 4.09. The van der Waals surface area contributed by atoms with Gasteiger partial charge in [-0.3, -0.25) is 0 Å². The van der Waals surface area contributed by atoms with Crippen LogP contribution in [0.4, 0.5) is 0 Å². The van der Waals surface area contributed by atoms with Gasteiger partial charge in [0.05, 0.1) is 21.3 Å². The Hall–Kier alpha value is -3.66. The molecule has 0 saturated heterocycles. The molecule has 0 fully saturated rings. The van der Waals surface area contributed by atoms with Gasteiger partial charge in [-0.2, -0.15) is 0 Å². The van der Waals surface area contributed by atoms with Gasteiger partial charge in [-0.15, -0.1) is 0 Å². The quantitative estimate of drug-likeness (QED) is 0.419. The van der Waals surface area contributed by atoms with E-state index >= 15 is 0 Å². The van der Waals surface area contributed by atoms with E-state index in [0.717, 1.165) is 27.5 Å². The summed E-state index contributed by atoms with van der Waals surface area (Å²) in [6.07, 6.45) is 0. The van der Waals surface area contributed by atoms with Gasteiger partial charge < -0.3 is 19.3 Å². The van der Waals surface area contributed by atoms with E-state index in [0.29, 0.717) is 17.2 Å². The van der Waals surface area contributed by atoms with Crippen molar-refractivity contribution in [1.29, 1.82) is 0 Å². The zero-order valence-electron chi connectivity index (χ0n) is 17.3. The van der Waals surface area contributed by atoms with E-state index in [1.807, 2.05) is 48.5 Å². The Bertz CT molecular complexity index is 1180. The molecule has 4 aromatic carbocycles. The third-order valence-corrected chi connectivity index (χ3v) is 5.43. The van der Waals surface area contributed by atoms with Crippen molar-refractivity contribution in [3.8, 4) is 23.0 Å². The number of benzene rings is 4. The van der Waals surface area contributed by atoms with Crippen LogP contribution < -0.4 is 14.2 Å². The zero-order chi connectivity index (χ0) is 21.1. The molecule has 0 aliphatic rings. The molecule has 4 aromatic rings. The van der Waals surface area contributed by atoms with E-state index in [-0.39, 0.29) is 11.7 Å². The van der Waals surface area contributed by atoms with Crippen molar-refractivity contribution < 1.29 is 19.3 Å². The molecule has 0 aliphatic carbocycles. The maximum atomic E-state index is 10.8. The average molecular weight is 400 g/mol. The normalized spacial score (nSPS) is 11.8. The second-order valence-corrected chi connectivity index (χ2v) is 6.98. The number of ether oxygens (including phenoxy) is 3. The van der Waals surface area contributed by atoms with Crippen LogP contribution in [0.2, 0.25) is 0 Å². The highest BCUT2D eigenvalue weighted by Crippen LogP contribution is 2.48. The van der Waals surface area contributed by atoms with Crippen LogP contribution >= 0.6 is 0 Å². The number of para-hydroxylation sites is 1. The summed E-state index contributed by atoms with van der Waals surface area (Å²) in [5, 5.41) is 13.0. The Morgan fingerprint density at radius 1 is 0.600 bits per heavy atom. The zero-order valence-corrected chi connectivity index (χ0v) is 17.3. The van der Waals surface area contributed by atoms with Gasteiger partial charge in [-0.1, -0.05) is 66.7 Å². The van der Waals surface area contributed by atoms with Crippen molar-refractivity contribution in [1.82, 2.24) is 0 Å². The molecule has 152 valence electrons. The third-order valence-electron chi connectivity index (χ3n) is 5.43. The minimum Gasteiger partial charge on any atom is -0.508 e. The van der Waals surface area contributed by atoms with E-state index in [4.69, 9.17) is 14.2 Å². The van der Waals surface area contributed by atoms with Crippen LogP contribution in [-0.4, -0.2) is 26.4 Å². The lowest BCUT2D eigenvalue weighted by Crippen LogP contribution is -2.08. The highest BCUT2D eigenvalue weighted by atomic mass is 16.5. The highest BCUT2D eigenvalue weighted by Gasteiger charge is 2.28. The molecule has 0 bridgehead atoms. The smallest absolute Gasteiger partial charge is 0.203 e. The molecule has 4 rings (SSSR count). The van der Waals surface area contributed by atoms with Crippen molar-refractivity contribution in [2.45, 2.75) is 5.92 Å². The Labute approximate surface area is 176 Å². The summed E-state index contributed by atoms with van der Waals surface area (Å²) >= 11 is 0. The number of aromatic hydroxyl groups is 1. The topological polar surface area (TPSA) is 47.9 Å². The van der Waals surface area contributed by atoms with Gasteiger partial charge in [0, 0.05) is 17.0 Å². The first-order valence-corrected chi connectivity index (χ1v) is 9.74. The van der Waals surface area contributed by atoms with Gasteiger partial charge in [0.15, 0.2) is 11.5 Å². The Balaban J connectivity index is 2.07. The van der Waals surface area contributed by atoms with Crippen molar-refractivity contribution in [2.75, 3.05) is 21.3 Å². The first-order valence-electron chi connectivity index (χ1n) is 9.74. The summed E-state index contributed by atoms with van der Waals surface area (Å²) in [6.45, 7) is 0. The molecule has 0 saturated carbocycles. The second-order valence-electron chi connectivity index (χ2n) is 6.98. The number of methoxy groups -OCH3 is 3. The first-order chi connectivity index (χ1) is 14.7.